The van der Waals surface area contributed by atoms with Gasteiger partial charge in [-0.05, 0) is 32.4 Å². The second-order valence-electron chi connectivity index (χ2n) is 5.08. The zero-order valence-corrected chi connectivity index (χ0v) is 11.3. The lowest BCUT2D eigenvalue weighted by molar-refractivity contribution is 0.0159. The second-order valence-corrected chi connectivity index (χ2v) is 5.08. The lowest BCUT2D eigenvalue weighted by Gasteiger charge is -2.29. The predicted octanol–water partition coefficient (Wildman–Crippen LogP) is 1.98. The lowest BCUT2D eigenvalue weighted by atomic mass is 10.1. The van der Waals surface area contributed by atoms with E-state index in [1.807, 2.05) is 6.07 Å². The molecule has 0 aliphatic rings. The fraction of sp³-hybridized carbons (Fsp3) is 0.538. The molecular formula is C13H20N2O3. The number of aromatic nitrogens is 1. The highest BCUT2D eigenvalue weighted by atomic mass is 16.6. The summed E-state index contributed by atoms with van der Waals surface area (Å²) in [5.41, 5.74) is 0.216. The first-order chi connectivity index (χ1) is 8.35. The Morgan fingerprint density at radius 2 is 2.22 bits per heavy atom. The second kappa shape index (κ2) is 5.82. The van der Waals surface area contributed by atoms with Gasteiger partial charge in [-0.3, -0.25) is 4.98 Å². The molecule has 1 heterocycles. The first kappa shape index (κ1) is 14.4. The maximum Gasteiger partial charge on any atom is 0.410 e. The fourth-order valence-corrected chi connectivity index (χ4v) is 1.49. The van der Waals surface area contributed by atoms with Gasteiger partial charge in [0.15, 0.2) is 0 Å². The first-order valence-electron chi connectivity index (χ1n) is 5.81. The third kappa shape index (κ3) is 4.00. The zero-order chi connectivity index (χ0) is 13.8. The molecule has 1 rings (SSSR count). The van der Waals surface area contributed by atoms with Crippen LogP contribution in [0.3, 0.4) is 0 Å². The lowest BCUT2D eigenvalue weighted by Crippen LogP contribution is -2.38. The smallest absolute Gasteiger partial charge is 0.410 e. The predicted molar refractivity (Wildman–Crippen MR) is 68.1 cm³/mol. The number of carbonyl (C=O) groups excluding carboxylic acids is 1. The van der Waals surface area contributed by atoms with Gasteiger partial charge in [0.2, 0.25) is 0 Å². The van der Waals surface area contributed by atoms with E-state index in [-0.39, 0.29) is 6.61 Å². The van der Waals surface area contributed by atoms with Crippen molar-refractivity contribution in [3.8, 4) is 0 Å². The van der Waals surface area contributed by atoms with Crippen molar-refractivity contribution in [3.05, 3.63) is 30.1 Å². The van der Waals surface area contributed by atoms with Crippen LogP contribution in [-0.4, -0.2) is 40.3 Å². The molecule has 1 amide bonds. The number of aliphatic hydroxyl groups is 1. The largest absolute Gasteiger partial charge is 0.444 e. The number of carbonyl (C=O) groups is 1. The summed E-state index contributed by atoms with van der Waals surface area (Å²) in [5.74, 6) is 0. The van der Waals surface area contributed by atoms with Crippen LogP contribution in [-0.2, 0) is 4.74 Å². The standard InChI is InChI=1S/C13H20N2O3/c1-13(2,3)18-12(17)15(4)11(9-16)10-6-5-7-14-8-10/h5-8,11,16H,9H2,1-4H3. The van der Waals surface area contributed by atoms with E-state index >= 15 is 0 Å². The number of aliphatic hydroxyl groups excluding tert-OH is 1. The molecule has 0 radical (unpaired) electrons. The van der Waals surface area contributed by atoms with Gasteiger partial charge in [-0.2, -0.15) is 0 Å². The van der Waals surface area contributed by atoms with Crippen LogP contribution in [0.1, 0.15) is 32.4 Å². The van der Waals surface area contributed by atoms with E-state index < -0.39 is 17.7 Å². The number of likely N-dealkylation sites (N-methyl/N-ethyl adjacent to an activating group) is 1. The van der Waals surface area contributed by atoms with Crippen LogP contribution in [0.2, 0.25) is 0 Å². The molecule has 1 atom stereocenters. The zero-order valence-electron chi connectivity index (χ0n) is 11.3. The number of pyridine rings is 1. The molecule has 100 valence electrons. The van der Waals surface area contributed by atoms with Gasteiger partial charge < -0.3 is 14.7 Å². The Morgan fingerprint density at radius 1 is 1.56 bits per heavy atom. The van der Waals surface area contributed by atoms with Crippen molar-refractivity contribution < 1.29 is 14.6 Å². The number of hydrogen-bond donors (Lipinski definition) is 1. The highest BCUT2D eigenvalue weighted by Crippen LogP contribution is 2.20. The molecule has 0 saturated carbocycles. The van der Waals surface area contributed by atoms with Gasteiger partial charge in [-0.25, -0.2) is 4.79 Å². The van der Waals surface area contributed by atoms with Gasteiger partial charge in [0.25, 0.3) is 0 Å². The minimum absolute atomic E-state index is 0.179. The van der Waals surface area contributed by atoms with Gasteiger partial charge in [-0.1, -0.05) is 6.07 Å². The van der Waals surface area contributed by atoms with Crippen molar-refractivity contribution in [2.75, 3.05) is 13.7 Å². The molecule has 0 spiro atoms. The number of rotatable bonds is 3. The van der Waals surface area contributed by atoms with Crippen LogP contribution in [0.25, 0.3) is 0 Å². The summed E-state index contributed by atoms with van der Waals surface area (Å²) in [7, 11) is 1.60. The van der Waals surface area contributed by atoms with E-state index in [1.54, 1.807) is 46.3 Å². The molecule has 0 fully saturated rings. The normalized spacial score (nSPS) is 12.9. The van der Waals surface area contributed by atoms with E-state index in [4.69, 9.17) is 4.74 Å². The number of ether oxygens (including phenoxy) is 1. The van der Waals surface area contributed by atoms with Crippen molar-refractivity contribution in [1.29, 1.82) is 0 Å². The molecule has 5 nitrogen and oxygen atoms in total. The molecule has 1 aromatic rings. The summed E-state index contributed by atoms with van der Waals surface area (Å²) >= 11 is 0. The Labute approximate surface area is 107 Å². The van der Waals surface area contributed by atoms with E-state index in [0.717, 1.165) is 5.56 Å². The third-order valence-corrected chi connectivity index (χ3v) is 2.39. The van der Waals surface area contributed by atoms with Crippen LogP contribution >= 0.6 is 0 Å². The molecule has 18 heavy (non-hydrogen) atoms. The molecule has 0 aliphatic heterocycles. The van der Waals surface area contributed by atoms with Crippen LogP contribution in [0.4, 0.5) is 4.79 Å². The Bertz CT molecular complexity index is 387. The maximum absolute atomic E-state index is 11.9. The van der Waals surface area contributed by atoms with Crippen molar-refractivity contribution in [3.63, 3.8) is 0 Å². The van der Waals surface area contributed by atoms with Crippen molar-refractivity contribution in [2.45, 2.75) is 32.4 Å². The van der Waals surface area contributed by atoms with Gasteiger partial charge >= 0.3 is 6.09 Å². The molecule has 1 unspecified atom stereocenters. The summed E-state index contributed by atoms with van der Waals surface area (Å²) < 4.78 is 5.26. The van der Waals surface area contributed by atoms with Crippen LogP contribution in [0, 0.1) is 0 Å². The highest BCUT2D eigenvalue weighted by Gasteiger charge is 2.25. The summed E-state index contributed by atoms with van der Waals surface area (Å²) in [6, 6.07) is 3.13. The summed E-state index contributed by atoms with van der Waals surface area (Å²) in [6.07, 6.45) is 2.80. The number of hydrogen-bond acceptors (Lipinski definition) is 4. The third-order valence-electron chi connectivity index (χ3n) is 2.39. The molecule has 1 aromatic heterocycles. The van der Waals surface area contributed by atoms with Crippen LogP contribution < -0.4 is 0 Å². The minimum atomic E-state index is -0.555. The van der Waals surface area contributed by atoms with E-state index in [2.05, 4.69) is 4.98 Å². The Balaban J connectivity index is 2.80. The molecule has 1 N–H and O–H groups in total. The molecule has 5 heteroatoms. The molecule has 0 aromatic carbocycles. The molecule has 0 bridgehead atoms. The van der Waals surface area contributed by atoms with Gasteiger partial charge in [0, 0.05) is 19.4 Å². The first-order valence-corrected chi connectivity index (χ1v) is 5.81. The summed E-state index contributed by atoms with van der Waals surface area (Å²) in [6.45, 7) is 5.23. The average Bonchev–Trinajstić information content (AvgIpc) is 2.29. The van der Waals surface area contributed by atoms with E-state index in [1.165, 1.54) is 4.90 Å². The van der Waals surface area contributed by atoms with Crippen molar-refractivity contribution in [1.82, 2.24) is 9.88 Å². The van der Waals surface area contributed by atoms with Crippen molar-refractivity contribution in [2.24, 2.45) is 0 Å². The summed E-state index contributed by atoms with van der Waals surface area (Å²) in [4.78, 5) is 17.3. The maximum atomic E-state index is 11.9. The fourth-order valence-electron chi connectivity index (χ4n) is 1.49. The van der Waals surface area contributed by atoms with Gasteiger partial charge in [-0.15, -0.1) is 0 Å². The SMILES string of the molecule is CN(C(=O)OC(C)(C)C)C(CO)c1cccnc1. The Hall–Kier alpha value is -1.62. The Kier molecular flexibility index (Phi) is 4.67. The highest BCUT2D eigenvalue weighted by molar-refractivity contribution is 5.68. The van der Waals surface area contributed by atoms with Crippen molar-refractivity contribution >= 4 is 6.09 Å². The monoisotopic (exact) mass is 252 g/mol. The quantitative estimate of drug-likeness (QED) is 0.893. The van der Waals surface area contributed by atoms with Crippen LogP contribution in [0.5, 0.6) is 0 Å². The molecular weight excluding hydrogens is 232 g/mol. The Morgan fingerprint density at radius 3 is 2.67 bits per heavy atom. The minimum Gasteiger partial charge on any atom is -0.444 e. The average molecular weight is 252 g/mol. The number of amides is 1. The topological polar surface area (TPSA) is 62.7 Å². The molecule has 0 aliphatic carbocycles. The molecule has 0 saturated heterocycles. The van der Waals surface area contributed by atoms with Gasteiger partial charge in [0.05, 0.1) is 12.6 Å². The summed E-state index contributed by atoms with van der Waals surface area (Å²) in [5, 5.41) is 9.42. The van der Waals surface area contributed by atoms with E-state index in [9.17, 15) is 9.90 Å². The van der Waals surface area contributed by atoms with Crippen LogP contribution in [0.15, 0.2) is 24.5 Å². The van der Waals surface area contributed by atoms with Gasteiger partial charge in [0.1, 0.15) is 5.60 Å². The van der Waals surface area contributed by atoms with E-state index in [0.29, 0.717) is 0 Å². The number of nitrogens with zero attached hydrogens (tertiary/aromatic N) is 2.